The lowest BCUT2D eigenvalue weighted by atomic mass is 10.1. The van der Waals surface area contributed by atoms with Gasteiger partial charge in [0.15, 0.2) is 11.7 Å². The van der Waals surface area contributed by atoms with Crippen LogP contribution in [0.3, 0.4) is 0 Å². The number of rotatable bonds is 5. The molecule has 0 saturated carbocycles. The number of aryl methyl sites for hydroxylation is 1. The number of aliphatic imine (C=N–C) groups is 1. The second-order valence-electron chi connectivity index (χ2n) is 8.20. The van der Waals surface area contributed by atoms with Gasteiger partial charge in [0, 0.05) is 29.3 Å². The fourth-order valence-corrected chi connectivity index (χ4v) is 3.80. The lowest BCUT2D eigenvalue weighted by Crippen LogP contribution is -2.26. The van der Waals surface area contributed by atoms with Crippen molar-refractivity contribution < 1.29 is 27.8 Å². The Morgan fingerprint density at radius 1 is 1.28 bits per heavy atom. The van der Waals surface area contributed by atoms with Gasteiger partial charge in [-0.15, -0.1) is 0 Å². The van der Waals surface area contributed by atoms with Crippen LogP contribution in [0.25, 0.3) is 10.9 Å². The van der Waals surface area contributed by atoms with Crippen LogP contribution in [-0.2, 0) is 15.7 Å². The van der Waals surface area contributed by atoms with E-state index in [1.54, 1.807) is 13.8 Å². The average Bonchev–Trinajstić information content (AvgIpc) is 3.23. The van der Waals surface area contributed by atoms with Crippen LogP contribution in [0.4, 0.5) is 24.5 Å². The van der Waals surface area contributed by atoms with Crippen LogP contribution in [0.1, 0.15) is 30.5 Å². The molecule has 1 aliphatic heterocycles. The molecule has 2 heterocycles. The summed E-state index contributed by atoms with van der Waals surface area (Å²) in [7, 11) is 0. The number of hydrogen-bond acceptors (Lipinski definition) is 5. The van der Waals surface area contributed by atoms with Crippen molar-refractivity contribution >= 4 is 28.5 Å². The number of H-pyrrole nitrogens is 1. The van der Waals surface area contributed by atoms with Gasteiger partial charge >= 0.3 is 6.18 Å². The van der Waals surface area contributed by atoms with E-state index >= 15 is 0 Å². The number of fused-ring (bicyclic) bond motifs is 1. The molecule has 1 fully saturated rings. The van der Waals surface area contributed by atoms with Gasteiger partial charge in [-0.3, -0.25) is 4.99 Å². The molecule has 1 saturated heterocycles. The number of aromatic hydroxyl groups is 1. The van der Waals surface area contributed by atoms with Crippen molar-refractivity contribution in [2.75, 3.05) is 18.5 Å². The summed E-state index contributed by atoms with van der Waals surface area (Å²) >= 11 is 0. The van der Waals surface area contributed by atoms with Crippen LogP contribution >= 0.6 is 0 Å². The molecule has 2 aromatic carbocycles. The molecule has 3 N–H and O–H groups in total. The van der Waals surface area contributed by atoms with Crippen LogP contribution < -0.4 is 5.32 Å². The first-order valence-corrected chi connectivity index (χ1v) is 10.1. The van der Waals surface area contributed by atoms with E-state index in [1.165, 1.54) is 18.3 Å². The highest BCUT2D eigenvalue weighted by molar-refractivity contribution is 6.04. The summed E-state index contributed by atoms with van der Waals surface area (Å²) < 4.78 is 52.2. The maximum absolute atomic E-state index is 13.7. The predicted octanol–water partition coefficient (Wildman–Crippen LogP) is 5.51. The molecule has 0 spiro atoms. The molecule has 1 unspecified atom stereocenters. The van der Waals surface area contributed by atoms with Crippen molar-refractivity contribution in [1.82, 2.24) is 4.98 Å². The third-order valence-corrected chi connectivity index (χ3v) is 5.29. The molecule has 170 valence electrons. The number of ether oxygens (including phenoxy) is 2. The minimum absolute atomic E-state index is 0.0597. The van der Waals surface area contributed by atoms with E-state index in [0.29, 0.717) is 12.2 Å². The van der Waals surface area contributed by atoms with Gasteiger partial charge in [-0.25, -0.2) is 0 Å². The summed E-state index contributed by atoms with van der Waals surface area (Å²) in [6, 6.07) is 9.35. The first-order chi connectivity index (χ1) is 15.0. The first-order valence-electron chi connectivity index (χ1n) is 10.1. The van der Waals surface area contributed by atoms with E-state index in [9.17, 15) is 18.3 Å². The molecule has 1 aromatic heterocycles. The summed E-state index contributed by atoms with van der Waals surface area (Å²) in [5.41, 5.74) is 1.29. The summed E-state index contributed by atoms with van der Waals surface area (Å²) in [4.78, 5) is 7.05. The standard InChI is InChI=1S/C23H24F3N3O3/c1-13-5-4-6-19-20(13)16(21(30)29-19)11-27-14-7-8-18(17(9-14)23(24,25)26)28-10-15-12-31-22(2,3)32-15/h4-9,11,15,28-30H,10,12H2,1-3H3. The lowest BCUT2D eigenvalue weighted by Gasteiger charge is -2.19. The van der Waals surface area contributed by atoms with Gasteiger partial charge in [-0.05, 0) is 50.6 Å². The topological polar surface area (TPSA) is 78.9 Å². The molecule has 9 heteroatoms. The smallest absolute Gasteiger partial charge is 0.418 e. The molecule has 4 rings (SSSR count). The Morgan fingerprint density at radius 2 is 2.06 bits per heavy atom. The van der Waals surface area contributed by atoms with Gasteiger partial charge in [-0.2, -0.15) is 13.2 Å². The normalized spacial score (nSPS) is 18.6. The van der Waals surface area contributed by atoms with Gasteiger partial charge in [0.05, 0.1) is 23.4 Å². The van der Waals surface area contributed by atoms with Gasteiger partial charge < -0.3 is 24.9 Å². The number of alkyl halides is 3. The summed E-state index contributed by atoms with van der Waals surface area (Å²) in [5, 5.41) is 13.8. The zero-order valence-electron chi connectivity index (χ0n) is 17.9. The summed E-state index contributed by atoms with van der Waals surface area (Å²) in [6.45, 7) is 5.88. The predicted molar refractivity (Wildman–Crippen MR) is 117 cm³/mol. The summed E-state index contributed by atoms with van der Waals surface area (Å²) in [5.74, 6) is -0.835. The zero-order valence-corrected chi connectivity index (χ0v) is 17.9. The van der Waals surface area contributed by atoms with Crippen LogP contribution in [0.15, 0.2) is 41.4 Å². The molecule has 0 bridgehead atoms. The number of nitrogens with one attached hydrogen (secondary N) is 2. The average molecular weight is 447 g/mol. The number of aromatic nitrogens is 1. The van der Waals surface area contributed by atoms with Crippen molar-refractivity contribution in [2.45, 2.75) is 38.8 Å². The summed E-state index contributed by atoms with van der Waals surface area (Å²) in [6.07, 6.45) is -3.55. The number of nitrogens with zero attached hydrogens (tertiary/aromatic N) is 1. The Kier molecular flexibility index (Phi) is 5.64. The number of hydrogen-bond donors (Lipinski definition) is 3. The molecule has 32 heavy (non-hydrogen) atoms. The molecular formula is C23H24F3N3O3. The van der Waals surface area contributed by atoms with E-state index in [2.05, 4.69) is 15.3 Å². The van der Waals surface area contributed by atoms with Crippen molar-refractivity contribution in [3.63, 3.8) is 0 Å². The third-order valence-electron chi connectivity index (χ3n) is 5.29. The van der Waals surface area contributed by atoms with Crippen molar-refractivity contribution in [1.29, 1.82) is 0 Å². The highest BCUT2D eigenvalue weighted by Gasteiger charge is 2.35. The Morgan fingerprint density at radius 3 is 2.75 bits per heavy atom. The van der Waals surface area contributed by atoms with Crippen molar-refractivity contribution in [2.24, 2.45) is 4.99 Å². The van der Waals surface area contributed by atoms with Gasteiger partial charge in [0.25, 0.3) is 0 Å². The van der Waals surface area contributed by atoms with E-state index in [-0.39, 0.29) is 29.9 Å². The van der Waals surface area contributed by atoms with Crippen molar-refractivity contribution in [3.05, 3.63) is 53.1 Å². The number of benzene rings is 2. The van der Waals surface area contributed by atoms with E-state index in [0.717, 1.165) is 22.5 Å². The molecule has 1 atom stereocenters. The molecule has 0 radical (unpaired) electrons. The highest BCUT2D eigenvalue weighted by atomic mass is 19.4. The van der Waals surface area contributed by atoms with Gasteiger partial charge in [-0.1, -0.05) is 12.1 Å². The number of aromatic amines is 1. The van der Waals surface area contributed by atoms with Crippen molar-refractivity contribution in [3.8, 4) is 5.88 Å². The van der Waals surface area contributed by atoms with E-state index < -0.39 is 17.5 Å². The molecule has 6 nitrogen and oxygen atoms in total. The fourth-order valence-electron chi connectivity index (χ4n) is 3.80. The Balaban J connectivity index is 1.59. The SMILES string of the molecule is Cc1cccc2[nH]c(O)c(C=Nc3ccc(NCC4COC(C)(C)O4)c(C(F)(F)F)c3)c12. The van der Waals surface area contributed by atoms with Crippen LogP contribution in [-0.4, -0.2) is 41.3 Å². The Hall–Kier alpha value is -3.04. The monoisotopic (exact) mass is 447 g/mol. The maximum Gasteiger partial charge on any atom is 0.418 e. The Labute approximate surface area is 183 Å². The second-order valence-corrected chi connectivity index (χ2v) is 8.20. The number of anilines is 1. The Bertz CT molecular complexity index is 1170. The molecule has 3 aromatic rings. The fraction of sp³-hybridized carbons (Fsp3) is 0.348. The highest BCUT2D eigenvalue weighted by Crippen LogP contribution is 2.38. The molecule has 0 aliphatic carbocycles. The molecule has 1 aliphatic rings. The minimum Gasteiger partial charge on any atom is -0.494 e. The largest absolute Gasteiger partial charge is 0.494 e. The van der Waals surface area contributed by atoms with E-state index in [1.807, 2.05) is 25.1 Å². The zero-order chi connectivity index (χ0) is 23.1. The van der Waals surface area contributed by atoms with Crippen LogP contribution in [0, 0.1) is 6.92 Å². The number of halogens is 3. The molecule has 0 amide bonds. The third kappa shape index (κ3) is 4.58. The first kappa shape index (κ1) is 22.2. The lowest BCUT2D eigenvalue weighted by molar-refractivity contribution is -0.138. The van der Waals surface area contributed by atoms with Crippen LogP contribution in [0.5, 0.6) is 5.88 Å². The minimum atomic E-state index is -4.57. The molecular weight excluding hydrogens is 423 g/mol. The second kappa shape index (κ2) is 8.14. The van der Waals surface area contributed by atoms with Gasteiger partial charge in [0.2, 0.25) is 0 Å². The quantitative estimate of drug-likeness (QED) is 0.451. The maximum atomic E-state index is 13.7. The van der Waals surface area contributed by atoms with Gasteiger partial charge in [0.1, 0.15) is 6.10 Å². The van der Waals surface area contributed by atoms with Crippen LogP contribution in [0.2, 0.25) is 0 Å². The van der Waals surface area contributed by atoms with E-state index in [4.69, 9.17) is 9.47 Å².